The lowest BCUT2D eigenvalue weighted by Gasteiger charge is -2.34. The van der Waals surface area contributed by atoms with E-state index in [2.05, 4.69) is 10.3 Å². The lowest BCUT2D eigenvalue weighted by molar-refractivity contribution is -0.143. The van der Waals surface area contributed by atoms with Gasteiger partial charge in [-0.2, -0.15) is 0 Å². The molecule has 1 saturated carbocycles. The zero-order chi connectivity index (χ0) is 13.7. The van der Waals surface area contributed by atoms with Crippen molar-refractivity contribution < 1.29 is 14.4 Å². The zero-order valence-corrected chi connectivity index (χ0v) is 11.7. The number of hydrogen-bond acceptors (Lipinski definition) is 3. The first-order chi connectivity index (χ1) is 9.22. The van der Waals surface area contributed by atoms with Crippen molar-refractivity contribution in [1.82, 2.24) is 10.4 Å². The highest BCUT2D eigenvalue weighted by Crippen LogP contribution is 2.27. The number of piperidine rings is 1. The van der Waals surface area contributed by atoms with E-state index in [1.54, 1.807) is 0 Å². The molecular formula is C14H24N2O3. The summed E-state index contributed by atoms with van der Waals surface area (Å²) in [4.78, 5) is 30.6. The van der Waals surface area contributed by atoms with Gasteiger partial charge >= 0.3 is 0 Å². The molecule has 1 aliphatic carbocycles. The predicted octanol–water partition coefficient (Wildman–Crippen LogP) is 1.48. The number of carbonyl (C=O) groups excluding carboxylic acids is 2. The number of amides is 2. The fraction of sp³-hybridized carbons (Fsp3) is 0.857. The third-order valence-electron chi connectivity index (χ3n) is 4.33. The summed E-state index contributed by atoms with van der Waals surface area (Å²) in [6, 6.07) is 0. The first kappa shape index (κ1) is 14.3. The molecule has 0 radical (unpaired) electrons. The molecule has 0 bridgehead atoms. The lowest BCUT2D eigenvalue weighted by atomic mass is 9.87. The Balaban J connectivity index is 1.79. The smallest absolute Gasteiger partial charge is 0.246 e. The molecule has 2 rings (SSSR count). The van der Waals surface area contributed by atoms with E-state index in [1.165, 1.54) is 26.4 Å². The standard InChI is InChI=1S/C14H24N2O3/c1-19-15-13(17)11-7-9-16(10-8-11)14(18)12-5-3-2-4-6-12/h11-12H,2-10H2,1H3,(H,15,17). The quantitative estimate of drug-likeness (QED) is 0.789. The van der Waals surface area contributed by atoms with Crippen LogP contribution in [-0.4, -0.2) is 36.9 Å². The van der Waals surface area contributed by atoms with Crippen LogP contribution >= 0.6 is 0 Å². The van der Waals surface area contributed by atoms with Gasteiger partial charge in [-0.05, 0) is 25.7 Å². The number of likely N-dealkylation sites (tertiary alicyclic amines) is 1. The molecule has 2 fully saturated rings. The Kier molecular flexibility index (Phi) is 5.19. The zero-order valence-electron chi connectivity index (χ0n) is 11.7. The number of nitrogens with zero attached hydrogens (tertiary/aromatic N) is 1. The maximum Gasteiger partial charge on any atom is 0.246 e. The predicted molar refractivity (Wildman–Crippen MR) is 71.0 cm³/mol. The molecule has 0 aromatic heterocycles. The topological polar surface area (TPSA) is 58.6 Å². The molecule has 1 heterocycles. The monoisotopic (exact) mass is 268 g/mol. The Hall–Kier alpha value is -1.10. The Bertz CT molecular complexity index is 319. The molecule has 0 atom stereocenters. The minimum atomic E-state index is -0.0627. The summed E-state index contributed by atoms with van der Waals surface area (Å²) in [7, 11) is 1.44. The third kappa shape index (κ3) is 3.69. The van der Waals surface area contributed by atoms with Crippen molar-refractivity contribution in [3.05, 3.63) is 0 Å². The van der Waals surface area contributed by atoms with Crippen LogP contribution in [0.3, 0.4) is 0 Å². The number of nitrogens with one attached hydrogen (secondary N) is 1. The van der Waals surface area contributed by atoms with Crippen molar-refractivity contribution in [3.8, 4) is 0 Å². The lowest BCUT2D eigenvalue weighted by Crippen LogP contribution is -2.45. The number of hydrogen-bond donors (Lipinski definition) is 1. The van der Waals surface area contributed by atoms with Gasteiger partial charge in [-0.15, -0.1) is 0 Å². The van der Waals surface area contributed by atoms with Crippen LogP contribution in [0, 0.1) is 11.8 Å². The van der Waals surface area contributed by atoms with Gasteiger partial charge in [0.05, 0.1) is 7.11 Å². The highest BCUT2D eigenvalue weighted by molar-refractivity contribution is 5.80. The molecule has 108 valence electrons. The van der Waals surface area contributed by atoms with Crippen LogP contribution in [0.5, 0.6) is 0 Å². The summed E-state index contributed by atoms with van der Waals surface area (Å²) >= 11 is 0. The van der Waals surface area contributed by atoms with Gasteiger partial charge in [-0.1, -0.05) is 19.3 Å². The molecule has 1 saturated heterocycles. The van der Waals surface area contributed by atoms with E-state index in [0.29, 0.717) is 19.0 Å². The van der Waals surface area contributed by atoms with Gasteiger partial charge in [-0.3, -0.25) is 14.4 Å². The fourth-order valence-electron chi connectivity index (χ4n) is 3.15. The summed E-state index contributed by atoms with van der Waals surface area (Å²) < 4.78 is 0. The average molecular weight is 268 g/mol. The normalized spacial score (nSPS) is 22.3. The van der Waals surface area contributed by atoms with E-state index in [9.17, 15) is 9.59 Å². The fourth-order valence-corrected chi connectivity index (χ4v) is 3.15. The van der Waals surface area contributed by atoms with Gasteiger partial charge < -0.3 is 4.90 Å². The Morgan fingerprint density at radius 3 is 2.21 bits per heavy atom. The Morgan fingerprint density at radius 1 is 1.00 bits per heavy atom. The second kappa shape index (κ2) is 6.89. The Morgan fingerprint density at radius 2 is 1.63 bits per heavy atom. The molecule has 0 spiro atoms. The van der Waals surface area contributed by atoms with Gasteiger partial charge in [-0.25, -0.2) is 5.48 Å². The maximum atomic E-state index is 12.4. The average Bonchev–Trinajstić information content (AvgIpc) is 2.48. The van der Waals surface area contributed by atoms with Crippen molar-refractivity contribution in [2.75, 3.05) is 20.2 Å². The second-order valence-corrected chi connectivity index (χ2v) is 5.60. The van der Waals surface area contributed by atoms with Crippen LogP contribution in [0.1, 0.15) is 44.9 Å². The third-order valence-corrected chi connectivity index (χ3v) is 4.33. The van der Waals surface area contributed by atoms with E-state index in [-0.39, 0.29) is 17.7 Å². The van der Waals surface area contributed by atoms with Gasteiger partial charge in [0.1, 0.15) is 0 Å². The van der Waals surface area contributed by atoms with Crippen LogP contribution in [0.2, 0.25) is 0 Å². The number of carbonyl (C=O) groups is 2. The largest absolute Gasteiger partial charge is 0.342 e. The molecular weight excluding hydrogens is 244 g/mol. The molecule has 0 aromatic carbocycles. The van der Waals surface area contributed by atoms with E-state index in [1.807, 2.05) is 4.90 Å². The van der Waals surface area contributed by atoms with Gasteiger partial charge in [0, 0.05) is 24.9 Å². The van der Waals surface area contributed by atoms with Crippen LogP contribution in [0.25, 0.3) is 0 Å². The van der Waals surface area contributed by atoms with Crippen LogP contribution < -0.4 is 5.48 Å². The molecule has 2 amide bonds. The molecule has 0 unspecified atom stereocenters. The summed E-state index contributed by atoms with van der Waals surface area (Å²) in [5.74, 6) is 0.464. The minimum Gasteiger partial charge on any atom is -0.342 e. The molecule has 1 aliphatic heterocycles. The van der Waals surface area contributed by atoms with Gasteiger partial charge in [0.2, 0.25) is 11.8 Å². The van der Waals surface area contributed by atoms with E-state index < -0.39 is 0 Å². The van der Waals surface area contributed by atoms with Crippen molar-refractivity contribution in [3.63, 3.8) is 0 Å². The first-order valence-electron chi connectivity index (χ1n) is 7.34. The van der Waals surface area contributed by atoms with Crippen molar-refractivity contribution in [2.45, 2.75) is 44.9 Å². The summed E-state index contributed by atoms with van der Waals surface area (Å²) in [6.07, 6.45) is 7.21. The summed E-state index contributed by atoms with van der Waals surface area (Å²) in [5, 5.41) is 0. The van der Waals surface area contributed by atoms with Gasteiger partial charge in [0.15, 0.2) is 0 Å². The SMILES string of the molecule is CONC(=O)C1CCN(C(=O)C2CCCCC2)CC1. The molecule has 5 nitrogen and oxygen atoms in total. The highest BCUT2D eigenvalue weighted by atomic mass is 16.6. The maximum absolute atomic E-state index is 12.4. The first-order valence-corrected chi connectivity index (χ1v) is 7.34. The minimum absolute atomic E-state index is 0.0182. The molecule has 1 N–H and O–H groups in total. The number of rotatable bonds is 3. The van der Waals surface area contributed by atoms with E-state index >= 15 is 0 Å². The molecule has 5 heteroatoms. The number of hydroxylamine groups is 1. The summed E-state index contributed by atoms with van der Waals surface area (Å²) in [5.41, 5.74) is 2.38. The van der Waals surface area contributed by atoms with Crippen molar-refractivity contribution in [1.29, 1.82) is 0 Å². The molecule has 0 aromatic rings. The van der Waals surface area contributed by atoms with Gasteiger partial charge in [0.25, 0.3) is 0 Å². The van der Waals surface area contributed by atoms with Crippen LogP contribution in [0.15, 0.2) is 0 Å². The van der Waals surface area contributed by atoms with E-state index in [4.69, 9.17) is 0 Å². The second-order valence-electron chi connectivity index (χ2n) is 5.60. The summed E-state index contributed by atoms with van der Waals surface area (Å²) in [6.45, 7) is 1.41. The van der Waals surface area contributed by atoms with Crippen LogP contribution in [0.4, 0.5) is 0 Å². The van der Waals surface area contributed by atoms with Crippen molar-refractivity contribution >= 4 is 11.8 Å². The Labute approximate surface area is 114 Å². The van der Waals surface area contributed by atoms with Crippen molar-refractivity contribution in [2.24, 2.45) is 11.8 Å². The highest BCUT2D eigenvalue weighted by Gasteiger charge is 2.31. The van der Waals surface area contributed by atoms with Crippen LogP contribution in [-0.2, 0) is 14.4 Å². The molecule has 2 aliphatic rings. The van der Waals surface area contributed by atoms with E-state index in [0.717, 1.165) is 25.7 Å². The molecule has 19 heavy (non-hydrogen) atoms.